The average molecular weight is 289 g/mol. The van der Waals surface area contributed by atoms with E-state index in [4.69, 9.17) is 0 Å². The molecule has 1 atom stereocenters. The number of thiophene rings is 2. The topological polar surface area (TPSA) is 20.2 Å². The number of aliphatic hydroxyl groups is 1. The van der Waals surface area contributed by atoms with Crippen molar-refractivity contribution < 1.29 is 5.11 Å². The molecule has 1 nitrogen and oxygen atoms in total. The molecule has 0 aromatic carbocycles. The van der Waals surface area contributed by atoms with E-state index in [1.54, 1.807) is 22.7 Å². The van der Waals surface area contributed by atoms with Gasteiger partial charge in [0.25, 0.3) is 0 Å². The van der Waals surface area contributed by atoms with Crippen LogP contribution in [0.5, 0.6) is 0 Å². The molecule has 74 valence electrons. The second-order valence-corrected chi connectivity index (χ2v) is 5.40. The first kappa shape index (κ1) is 10.4. The van der Waals surface area contributed by atoms with Crippen molar-refractivity contribution in [2.75, 3.05) is 0 Å². The van der Waals surface area contributed by atoms with Crippen molar-refractivity contribution >= 4 is 38.6 Å². The van der Waals surface area contributed by atoms with Crippen molar-refractivity contribution in [2.24, 2.45) is 0 Å². The Hall–Kier alpha value is -0.160. The Morgan fingerprint density at radius 2 is 2.14 bits per heavy atom. The second kappa shape index (κ2) is 4.57. The van der Waals surface area contributed by atoms with Gasteiger partial charge in [0.1, 0.15) is 0 Å². The van der Waals surface area contributed by atoms with Crippen molar-refractivity contribution in [1.82, 2.24) is 0 Å². The fraction of sp³-hybridized carbons (Fsp3) is 0.200. The first-order valence-corrected chi connectivity index (χ1v) is 6.86. The van der Waals surface area contributed by atoms with Crippen molar-refractivity contribution in [2.45, 2.75) is 12.5 Å². The van der Waals surface area contributed by atoms with Crippen molar-refractivity contribution in [1.29, 1.82) is 0 Å². The molecule has 1 N–H and O–H groups in total. The third-order valence-corrected chi connectivity index (χ3v) is 4.49. The Labute approximate surface area is 99.2 Å². The summed E-state index contributed by atoms with van der Waals surface area (Å²) in [5.41, 5.74) is 2.18. The molecule has 0 saturated heterocycles. The highest BCUT2D eigenvalue weighted by molar-refractivity contribution is 9.10. The number of aliphatic hydroxyl groups excluding tert-OH is 1. The van der Waals surface area contributed by atoms with Crippen LogP contribution in [-0.2, 0) is 6.42 Å². The highest BCUT2D eigenvalue weighted by Gasteiger charge is 2.12. The molecule has 0 amide bonds. The van der Waals surface area contributed by atoms with Gasteiger partial charge in [-0.2, -0.15) is 22.7 Å². The molecule has 2 heterocycles. The van der Waals surface area contributed by atoms with Crippen LogP contribution in [0.3, 0.4) is 0 Å². The Bertz CT molecular complexity index is 394. The summed E-state index contributed by atoms with van der Waals surface area (Å²) in [6.07, 6.45) is 0.295. The lowest BCUT2D eigenvalue weighted by molar-refractivity contribution is 0.178. The summed E-state index contributed by atoms with van der Waals surface area (Å²) in [6.45, 7) is 0. The molecule has 4 heteroatoms. The molecule has 0 aliphatic rings. The lowest BCUT2D eigenvalue weighted by Crippen LogP contribution is -1.99. The molecular formula is C10H9BrOS2. The van der Waals surface area contributed by atoms with Crippen molar-refractivity contribution in [3.63, 3.8) is 0 Å². The van der Waals surface area contributed by atoms with Gasteiger partial charge < -0.3 is 5.11 Å². The fourth-order valence-corrected chi connectivity index (χ4v) is 3.56. The average Bonchev–Trinajstić information content (AvgIpc) is 2.75. The summed E-state index contributed by atoms with van der Waals surface area (Å²) >= 11 is 6.69. The predicted octanol–water partition coefficient (Wildman–Crippen LogP) is 3.85. The zero-order valence-electron chi connectivity index (χ0n) is 7.31. The van der Waals surface area contributed by atoms with Gasteiger partial charge in [0.05, 0.1) is 6.10 Å². The molecule has 1 unspecified atom stereocenters. The van der Waals surface area contributed by atoms with E-state index in [1.165, 1.54) is 5.56 Å². The fourth-order valence-electron chi connectivity index (χ4n) is 1.27. The molecule has 2 aromatic rings. The molecule has 0 aliphatic heterocycles. The summed E-state index contributed by atoms with van der Waals surface area (Å²) in [5.74, 6) is 0. The molecule has 0 aliphatic carbocycles. The first-order valence-electron chi connectivity index (χ1n) is 4.18. The summed E-state index contributed by atoms with van der Waals surface area (Å²) < 4.78 is 1.00. The predicted molar refractivity (Wildman–Crippen MR) is 65.0 cm³/mol. The van der Waals surface area contributed by atoms with Crippen LogP contribution in [0.1, 0.15) is 17.2 Å². The molecule has 0 fully saturated rings. The van der Waals surface area contributed by atoms with Gasteiger partial charge in [-0.25, -0.2) is 0 Å². The lowest BCUT2D eigenvalue weighted by Gasteiger charge is -2.08. The first-order chi connectivity index (χ1) is 6.77. The molecule has 2 aromatic heterocycles. The van der Waals surface area contributed by atoms with E-state index in [0.29, 0.717) is 6.42 Å². The minimum Gasteiger partial charge on any atom is -0.388 e. The van der Waals surface area contributed by atoms with Gasteiger partial charge in [0, 0.05) is 21.8 Å². The number of rotatable bonds is 3. The van der Waals surface area contributed by atoms with Gasteiger partial charge in [-0.05, 0) is 43.7 Å². The number of hydrogen-bond acceptors (Lipinski definition) is 3. The van der Waals surface area contributed by atoms with Gasteiger partial charge in [-0.15, -0.1) is 0 Å². The Morgan fingerprint density at radius 3 is 2.71 bits per heavy atom. The van der Waals surface area contributed by atoms with Crippen LogP contribution in [0.4, 0.5) is 0 Å². The van der Waals surface area contributed by atoms with Crippen LogP contribution in [0, 0.1) is 0 Å². The zero-order valence-corrected chi connectivity index (χ0v) is 10.5. The summed E-state index contributed by atoms with van der Waals surface area (Å²) in [5, 5.41) is 18.0. The molecular weight excluding hydrogens is 280 g/mol. The largest absolute Gasteiger partial charge is 0.388 e. The van der Waals surface area contributed by atoms with Crippen molar-refractivity contribution in [3.8, 4) is 0 Å². The van der Waals surface area contributed by atoms with Gasteiger partial charge in [0.2, 0.25) is 0 Å². The lowest BCUT2D eigenvalue weighted by atomic mass is 10.1. The molecule has 0 saturated carbocycles. The quantitative estimate of drug-likeness (QED) is 0.910. The molecule has 2 rings (SSSR count). The van der Waals surface area contributed by atoms with Gasteiger partial charge in [-0.3, -0.25) is 0 Å². The molecule has 0 bridgehead atoms. The van der Waals surface area contributed by atoms with E-state index in [9.17, 15) is 5.11 Å². The van der Waals surface area contributed by atoms with E-state index >= 15 is 0 Å². The summed E-state index contributed by atoms with van der Waals surface area (Å²) in [7, 11) is 0. The zero-order chi connectivity index (χ0) is 9.97. The van der Waals surface area contributed by atoms with Crippen molar-refractivity contribution in [3.05, 3.63) is 43.2 Å². The number of hydrogen-bond donors (Lipinski definition) is 1. The van der Waals surface area contributed by atoms with Crippen LogP contribution in [0.2, 0.25) is 0 Å². The maximum atomic E-state index is 9.94. The summed E-state index contributed by atoms with van der Waals surface area (Å²) in [6, 6.07) is 2.05. The van der Waals surface area contributed by atoms with Gasteiger partial charge in [0.15, 0.2) is 0 Å². The van der Waals surface area contributed by atoms with E-state index in [1.807, 2.05) is 22.2 Å². The Morgan fingerprint density at radius 1 is 1.29 bits per heavy atom. The minimum absolute atomic E-state index is 0.398. The Kier molecular flexibility index (Phi) is 3.38. The Balaban J connectivity index is 2.10. The maximum absolute atomic E-state index is 9.94. The maximum Gasteiger partial charge on any atom is 0.0849 e. The third-order valence-electron chi connectivity index (χ3n) is 2.01. The molecule has 0 spiro atoms. The monoisotopic (exact) mass is 288 g/mol. The van der Waals surface area contributed by atoms with Crippen LogP contribution in [0.25, 0.3) is 0 Å². The summed E-state index contributed by atoms with van der Waals surface area (Å²) in [4.78, 5) is 0. The van der Waals surface area contributed by atoms with E-state index in [-0.39, 0.29) is 0 Å². The van der Waals surface area contributed by atoms with Crippen LogP contribution in [-0.4, -0.2) is 5.11 Å². The van der Waals surface area contributed by atoms with E-state index in [2.05, 4.69) is 21.3 Å². The number of halogens is 1. The SMILES string of the molecule is OC(Cc1ccsc1)c1cscc1Br. The normalized spacial score (nSPS) is 13.0. The highest BCUT2D eigenvalue weighted by Crippen LogP contribution is 2.29. The van der Waals surface area contributed by atoms with Gasteiger partial charge in [-0.1, -0.05) is 0 Å². The third kappa shape index (κ3) is 2.25. The van der Waals surface area contributed by atoms with E-state index in [0.717, 1.165) is 10.0 Å². The van der Waals surface area contributed by atoms with Crippen LogP contribution in [0.15, 0.2) is 32.1 Å². The molecule has 0 radical (unpaired) electrons. The van der Waals surface area contributed by atoms with Crippen LogP contribution >= 0.6 is 38.6 Å². The smallest absolute Gasteiger partial charge is 0.0849 e. The van der Waals surface area contributed by atoms with E-state index < -0.39 is 6.10 Å². The van der Waals surface area contributed by atoms with Crippen LogP contribution < -0.4 is 0 Å². The minimum atomic E-state index is -0.398. The highest BCUT2D eigenvalue weighted by atomic mass is 79.9. The van der Waals surface area contributed by atoms with Gasteiger partial charge >= 0.3 is 0 Å². The molecule has 14 heavy (non-hydrogen) atoms. The standard InChI is InChI=1S/C10H9BrOS2/c11-9-6-14-5-8(9)10(12)3-7-1-2-13-4-7/h1-2,4-6,10,12H,3H2. The second-order valence-electron chi connectivity index (χ2n) is 3.03.